The highest BCUT2D eigenvalue weighted by atomic mass is 16.2. The highest BCUT2D eigenvalue weighted by Crippen LogP contribution is 2.34. The van der Waals surface area contributed by atoms with Crippen LogP contribution in [0.2, 0.25) is 0 Å². The van der Waals surface area contributed by atoms with Gasteiger partial charge in [0.15, 0.2) is 0 Å². The Hall–Kier alpha value is -3.72. The molecule has 0 radical (unpaired) electrons. The highest BCUT2D eigenvalue weighted by Gasteiger charge is 2.34. The van der Waals surface area contributed by atoms with Crippen molar-refractivity contribution in [2.75, 3.05) is 37.7 Å². The van der Waals surface area contributed by atoms with Crippen LogP contribution in [0.15, 0.2) is 53.9 Å². The SMILES string of the molecule is C[C@H]1CC[C@H](c2ccc(C=NC3CCN(C)CC3)c(N)c2)N(C(=O)C(=O)Nc2ccn3ccnc3c2)C1.[HH]. The number of nitrogen functional groups attached to an aromatic ring is 1. The number of amides is 2. The Labute approximate surface area is 218 Å². The number of rotatable bonds is 4. The molecule has 2 aliphatic heterocycles. The van der Waals surface area contributed by atoms with E-state index in [1.807, 2.05) is 35.0 Å². The van der Waals surface area contributed by atoms with Crippen LogP contribution in [-0.4, -0.2) is 69.9 Å². The molecule has 3 aromatic rings. The molecule has 0 unspecified atom stereocenters. The summed E-state index contributed by atoms with van der Waals surface area (Å²) in [6, 6.07) is 9.54. The van der Waals surface area contributed by atoms with Crippen LogP contribution < -0.4 is 11.1 Å². The number of piperidine rings is 2. The number of pyridine rings is 1. The first-order chi connectivity index (χ1) is 17.9. The third-order valence-corrected chi connectivity index (χ3v) is 7.54. The number of likely N-dealkylation sites (tertiary alicyclic amines) is 2. The van der Waals surface area contributed by atoms with Gasteiger partial charge >= 0.3 is 11.8 Å². The number of nitrogens with two attached hydrogens (primary N) is 1. The van der Waals surface area contributed by atoms with Crippen LogP contribution >= 0.6 is 0 Å². The third-order valence-electron chi connectivity index (χ3n) is 7.54. The molecule has 2 amide bonds. The van der Waals surface area contributed by atoms with Gasteiger partial charge in [-0.05, 0) is 69.4 Å². The molecule has 3 N–H and O–H groups in total. The molecule has 37 heavy (non-hydrogen) atoms. The quantitative estimate of drug-likeness (QED) is 0.321. The number of nitrogens with one attached hydrogen (secondary N) is 1. The molecule has 0 spiro atoms. The number of aromatic nitrogens is 2. The Bertz CT molecular complexity index is 1320. The van der Waals surface area contributed by atoms with Gasteiger partial charge in [-0.2, -0.15) is 0 Å². The average molecular weight is 504 g/mol. The minimum absolute atomic E-state index is 0. The third kappa shape index (κ3) is 5.67. The van der Waals surface area contributed by atoms with Crippen molar-refractivity contribution in [3.05, 3.63) is 60.0 Å². The van der Waals surface area contributed by atoms with Crippen molar-refractivity contribution in [2.24, 2.45) is 10.9 Å². The van der Waals surface area contributed by atoms with Crippen LogP contribution in [-0.2, 0) is 9.59 Å². The van der Waals surface area contributed by atoms with Gasteiger partial charge in [0.25, 0.3) is 0 Å². The van der Waals surface area contributed by atoms with Gasteiger partial charge in [-0.1, -0.05) is 19.1 Å². The number of aliphatic imine (C=N–C) groups is 1. The molecule has 196 valence electrons. The van der Waals surface area contributed by atoms with Crippen LogP contribution in [0.3, 0.4) is 0 Å². The number of imidazole rings is 1. The van der Waals surface area contributed by atoms with Crippen molar-refractivity contribution in [1.82, 2.24) is 19.2 Å². The molecule has 0 saturated carbocycles. The summed E-state index contributed by atoms with van der Waals surface area (Å²) in [6.45, 7) is 4.75. The molecule has 0 aliphatic carbocycles. The number of anilines is 2. The average Bonchev–Trinajstić information content (AvgIpc) is 3.36. The Morgan fingerprint density at radius 3 is 2.73 bits per heavy atom. The first-order valence-electron chi connectivity index (χ1n) is 13.0. The van der Waals surface area contributed by atoms with E-state index in [9.17, 15) is 9.59 Å². The van der Waals surface area contributed by atoms with Crippen molar-refractivity contribution in [2.45, 2.75) is 44.7 Å². The van der Waals surface area contributed by atoms with E-state index in [0.29, 0.717) is 35.5 Å². The second-order valence-corrected chi connectivity index (χ2v) is 10.4. The van der Waals surface area contributed by atoms with Crippen molar-refractivity contribution in [1.29, 1.82) is 0 Å². The normalized spacial score (nSPS) is 21.5. The Kier molecular flexibility index (Phi) is 7.23. The Morgan fingerprint density at radius 1 is 1.14 bits per heavy atom. The predicted molar refractivity (Wildman–Crippen MR) is 148 cm³/mol. The van der Waals surface area contributed by atoms with Crippen molar-refractivity contribution >= 4 is 35.1 Å². The zero-order valence-corrected chi connectivity index (χ0v) is 21.5. The monoisotopic (exact) mass is 503 g/mol. The van der Waals surface area contributed by atoms with E-state index >= 15 is 0 Å². The summed E-state index contributed by atoms with van der Waals surface area (Å²) in [5, 5.41) is 2.75. The zero-order chi connectivity index (χ0) is 25.9. The molecule has 9 heteroatoms. The molecule has 2 atom stereocenters. The molecule has 2 saturated heterocycles. The van der Waals surface area contributed by atoms with Gasteiger partial charge in [0.1, 0.15) is 5.65 Å². The van der Waals surface area contributed by atoms with Gasteiger partial charge in [-0.25, -0.2) is 4.98 Å². The van der Waals surface area contributed by atoms with Gasteiger partial charge in [-0.3, -0.25) is 14.6 Å². The van der Waals surface area contributed by atoms with Gasteiger partial charge in [0.05, 0.1) is 12.1 Å². The standard InChI is InChI=1S/C28H35N7O2.H2/c1-19-3-6-25(20-4-5-21(24(29)15-20)17-31-22-7-11-33(2)12-8-22)35(18-19)28(37)27(36)32-23-9-13-34-14-10-30-26(34)16-23;/h4-5,9-10,13-17,19,22,25H,3,6-8,11-12,18,29H2,1-2H3,(H,32,36);1H/t19-,25+;/m0./s1. The molecule has 1 aromatic carbocycles. The number of carbonyl (C=O) groups excluding carboxylic acids is 2. The summed E-state index contributed by atoms with van der Waals surface area (Å²) in [4.78, 5) is 39.3. The van der Waals surface area contributed by atoms with Crippen molar-refractivity contribution < 1.29 is 11.0 Å². The number of benzene rings is 1. The van der Waals surface area contributed by atoms with E-state index in [2.05, 4.69) is 29.2 Å². The second-order valence-electron chi connectivity index (χ2n) is 10.4. The summed E-state index contributed by atoms with van der Waals surface area (Å²) in [7, 11) is 2.14. The number of nitrogens with zero attached hydrogens (tertiary/aromatic N) is 5. The first kappa shape index (κ1) is 25.0. The fraction of sp³-hybridized carbons (Fsp3) is 0.429. The Balaban J connectivity index is 0.00000336. The molecule has 2 fully saturated rings. The van der Waals surface area contributed by atoms with Crippen molar-refractivity contribution in [3.8, 4) is 0 Å². The lowest BCUT2D eigenvalue weighted by Crippen LogP contribution is -2.46. The summed E-state index contributed by atoms with van der Waals surface area (Å²) < 4.78 is 1.84. The van der Waals surface area contributed by atoms with Crippen LogP contribution in [0.4, 0.5) is 11.4 Å². The highest BCUT2D eigenvalue weighted by molar-refractivity contribution is 6.39. The van der Waals surface area contributed by atoms with Crippen molar-refractivity contribution in [3.63, 3.8) is 0 Å². The topological polar surface area (TPSA) is 108 Å². The van der Waals surface area contributed by atoms with Gasteiger partial charge in [0, 0.05) is 55.8 Å². The van der Waals surface area contributed by atoms with E-state index in [1.54, 1.807) is 29.4 Å². The molecule has 5 rings (SSSR count). The van der Waals surface area contributed by atoms with Gasteiger partial charge in [0.2, 0.25) is 0 Å². The molecular weight excluding hydrogens is 466 g/mol. The maximum absolute atomic E-state index is 13.3. The minimum Gasteiger partial charge on any atom is -0.398 e. The molecule has 2 aromatic heterocycles. The lowest BCUT2D eigenvalue weighted by atomic mass is 9.89. The zero-order valence-electron chi connectivity index (χ0n) is 21.5. The Morgan fingerprint density at radius 2 is 1.95 bits per heavy atom. The number of hydrogen-bond donors (Lipinski definition) is 2. The lowest BCUT2D eigenvalue weighted by molar-refractivity contribution is -0.146. The van der Waals surface area contributed by atoms with E-state index in [-0.39, 0.29) is 7.47 Å². The van der Waals surface area contributed by atoms with E-state index in [1.165, 1.54) is 0 Å². The predicted octanol–water partition coefficient (Wildman–Crippen LogP) is 3.61. The summed E-state index contributed by atoms with van der Waals surface area (Å²) in [5.74, 6) is -0.872. The minimum atomic E-state index is -0.648. The smallest absolute Gasteiger partial charge is 0.313 e. The first-order valence-corrected chi connectivity index (χ1v) is 13.0. The van der Waals surface area contributed by atoms with Crippen LogP contribution in [0, 0.1) is 5.92 Å². The van der Waals surface area contributed by atoms with Gasteiger partial charge in [-0.15, -0.1) is 0 Å². The fourth-order valence-corrected chi connectivity index (χ4v) is 5.27. The van der Waals surface area contributed by atoms with E-state index < -0.39 is 11.8 Å². The number of fused-ring (bicyclic) bond motifs is 1. The molecule has 9 nitrogen and oxygen atoms in total. The summed E-state index contributed by atoms with van der Waals surface area (Å²) >= 11 is 0. The molecule has 2 aliphatic rings. The van der Waals surface area contributed by atoms with Crippen LogP contribution in [0.5, 0.6) is 0 Å². The van der Waals surface area contributed by atoms with Crippen LogP contribution in [0.1, 0.15) is 51.2 Å². The molecular formula is C28H37N7O2. The van der Waals surface area contributed by atoms with Crippen LogP contribution in [0.25, 0.3) is 5.65 Å². The van der Waals surface area contributed by atoms with E-state index in [4.69, 9.17) is 10.7 Å². The number of carbonyl (C=O) groups is 2. The number of hydrogen-bond acceptors (Lipinski definition) is 6. The maximum atomic E-state index is 13.3. The maximum Gasteiger partial charge on any atom is 0.313 e. The van der Waals surface area contributed by atoms with E-state index in [0.717, 1.165) is 49.9 Å². The molecule has 0 bridgehead atoms. The largest absolute Gasteiger partial charge is 0.398 e. The summed E-state index contributed by atoms with van der Waals surface area (Å²) in [6.07, 6.45) is 11.1. The molecule has 4 heterocycles. The second kappa shape index (κ2) is 10.7. The summed E-state index contributed by atoms with van der Waals surface area (Å²) in [5.41, 5.74) is 10.1. The lowest BCUT2D eigenvalue weighted by Gasteiger charge is -2.38. The fourth-order valence-electron chi connectivity index (χ4n) is 5.27. The van der Waals surface area contributed by atoms with Gasteiger partial charge < -0.3 is 25.3 Å².